The summed E-state index contributed by atoms with van der Waals surface area (Å²) >= 11 is 7.56. The molecule has 0 fully saturated rings. The Morgan fingerprint density at radius 2 is 1.79 bits per heavy atom. The summed E-state index contributed by atoms with van der Waals surface area (Å²) in [6.45, 7) is 5.31. The van der Waals surface area contributed by atoms with Gasteiger partial charge in [0, 0.05) is 0 Å². The third kappa shape index (κ3) is 6.55. The van der Waals surface area contributed by atoms with Crippen molar-refractivity contribution in [1.29, 1.82) is 0 Å². The Hall–Kier alpha value is -4.29. The standard InChI is InChI=1S/C30H31ClN2O9S/c1-7-40-21-14-18(9-10-20(21)42-15-24(34)38-5)26-25(29(36)41-8-2)16(3)32-30-33(26)28(35)23(43-30)13-17-11-19(31)27(39-6)22(12-17)37-4/h9-14,26H,7-8,15H2,1-6H3/b23-13-/t26-/m0/s1. The van der Waals surface area contributed by atoms with E-state index in [0.717, 1.165) is 0 Å². The maximum Gasteiger partial charge on any atom is 0.343 e. The van der Waals surface area contributed by atoms with Crippen molar-refractivity contribution < 1.29 is 38.0 Å². The van der Waals surface area contributed by atoms with Gasteiger partial charge in [-0.3, -0.25) is 9.36 Å². The van der Waals surface area contributed by atoms with Crippen molar-refractivity contribution in [3.8, 4) is 23.0 Å². The fraction of sp³-hybridized carbons (Fsp3) is 0.333. The van der Waals surface area contributed by atoms with Crippen LogP contribution in [-0.2, 0) is 19.1 Å². The third-order valence-electron chi connectivity index (χ3n) is 6.43. The van der Waals surface area contributed by atoms with Crippen LogP contribution in [0.5, 0.6) is 23.0 Å². The van der Waals surface area contributed by atoms with Crippen molar-refractivity contribution in [2.24, 2.45) is 4.99 Å². The van der Waals surface area contributed by atoms with Gasteiger partial charge in [0.15, 0.2) is 34.4 Å². The Kier molecular flexibility index (Phi) is 10.1. The molecule has 1 aromatic heterocycles. The van der Waals surface area contributed by atoms with Crippen LogP contribution in [0.2, 0.25) is 5.02 Å². The van der Waals surface area contributed by atoms with E-state index in [-0.39, 0.29) is 24.3 Å². The second-order valence-electron chi connectivity index (χ2n) is 9.04. The van der Waals surface area contributed by atoms with Gasteiger partial charge < -0.3 is 28.4 Å². The molecule has 1 aliphatic rings. The van der Waals surface area contributed by atoms with E-state index in [2.05, 4.69) is 9.73 Å². The molecule has 11 nitrogen and oxygen atoms in total. The van der Waals surface area contributed by atoms with Crippen LogP contribution in [0.15, 0.2) is 51.4 Å². The number of carbonyl (C=O) groups excluding carboxylic acids is 2. The fourth-order valence-electron chi connectivity index (χ4n) is 4.56. The van der Waals surface area contributed by atoms with Gasteiger partial charge in [0.05, 0.1) is 61.4 Å². The predicted molar refractivity (Wildman–Crippen MR) is 160 cm³/mol. The van der Waals surface area contributed by atoms with Gasteiger partial charge >= 0.3 is 11.9 Å². The molecule has 43 heavy (non-hydrogen) atoms. The lowest BCUT2D eigenvalue weighted by Gasteiger charge is -2.25. The van der Waals surface area contributed by atoms with Crippen LogP contribution in [0, 0.1) is 0 Å². The number of ether oxygens (including phenoxy) is 6. The monoisotopic (exact) mass is 630 g/mol. The Bertz CT molecular complexity index is 1760. The van der Waals surface area contributed by atoms with Crippen molar-refractivity contribution in [2.45, 2.75) is 26.8 Å². The van der Waals surface area contributed by atoms with E-state index in [4.69, 9.17) is 35.3 Å². The minimum atomic E-state index is -0.889. The number of thiazole rings is 1. The topological polar surface area (TPSA) is 124 Å². The molecule has 4 rings (SSSR count). The lowest BCUT2D eigenvalue weighted by Crippen LogP contribution is -2.40. The molecule has 0 bridgehead atoms. The number of aromatic nitrogens is 1. The highest BCUT2D eigenvalue weighted by Crippen LogP contribution is 2.37. The number of rotatable bonds is 11. The quantitative estimate of drug-likeness (QED) is 0.293. The summed E-state index contributed by atoms with van der Waals surface area (Å²) in [6, 6.07) is 7.46. The first-order valence-electron chi connectivity index (χ1n) is 13.2. The normalized spacial score (nSPS) is 14.5. The summed E-state index contributed by atoms with van der Waals surface area (Å²) in [5.41, 5.74) is 1.40. The van der Waals surface area contributed by atoms with Crippen LogP contribution in [0.4, 0.5) is 0 Å². The smallest absolute Gasteiger partial charge is 0.343 e. The highest BCUT2D eigenvalue weighted by Gasteiger charge is 2.34. The SMILES string of the molecule is CCOC(=O)C1=C(C)N=c2s/c(=C\c3cc(Cl)c(OC)c(OC)c3)c(=O)n2[C@H]1c1ccc(OCC(=O)OC)c(OCC)c1. The van der Waals surface area contributed by atoms with Crippen LogP contribution >= 0.6 is 22.9 Å². The lowest BCUT2D eigenvalue weighted by molar-refractivity contribution is -0.143. The first-order chi connectivity index (χ1) is 20.7. The van der Waals surface area contributed by atoms with Crippen LogP contribution in [0.25, 0.3) is 6.08 Å². The van der Waals surface area contributed by atoms with Gasteiger partial charge in [-0.15, -0.1) is 0 Å². The van der Waals surface area contributed by atoms with Crippen LogP contribution in [0.3, 0.4) is 0 Å². The van der Waals surface area contributed by atoms with Crippen LogP contribution in [-0.4, -0.2) is 57.7 Å². The Balaban J connectivity index is 1.91. The van der Waals surface area contributed by atoms with Gasteiger partial charge in [-0.05, 0) is 62.2 Å². The second kappa shape index (κ2) is 13.8. The molecule has 0 amide bonds. The summed E-state index contributed by atoms with van der Waals surface area (Å²) < 4.78 is 34.0. The third-order valence-corrected chi connectivity index (χ3v) is 7.69. The number of allylic oxidation sites excluding steroid dienone is 1. The summed E-state index contributed by atoms with van der Waals surface area (Å²) in [7, 11) is 4.24. The molecule has 1 atom stereocenters. The first-order valence-corrected chi connectivity index (χ1v) is 14.4. The largest absolute Gasteiger partial charge is 0.493 e. The summed E-state index contributed by atoms with van der Waals surface area (Å²) in [4.78, 5) is 43.9. The predicted octanol–water partition coefficient (Wildman–Crippen LogP) is 3.42. The van der Waals surface area contributed by atoms with Gasteiger partial charge in [-0.25, -0.2) is 14.6 Å². The molecule has 0 aliphatic carbocycles. The zero-order valence-corrected chi connectivity index (χ0v) is 26.1. The molecular weight excluding hydrogens is 600 g/mol. The molecule has 0 spiro atoms. The highest BCUT2D eigenvalue weighted by atomic mass is 35.5. The molecule has 0 saturated heterocycles. The van der Waals surface area contributed by atoms with Gasteiger partial charge in [0.2, 0.25) is 0 Å². The van der Waals surface area contributed by atoms with E-state index in [0.29, 0.717) is 60.8 Å². The number of hydrogen-bond acceptors (Lipinski definition) is 11. The molecule has 228 valence electrons. The molecule has 2 heterocycles. The average Bonchev–Trinajstić information content (AvgIpc) is 3.29. The fourth-order valence-corrected chi connectivity index (χ4v) is 5.90. The van der Waals surface area contributed by atoms with E-state index < -0.39 is 18.0 Å². The Morgan fingerprint density at radius 1 is 1.02 bits per heavy atom. The van der Waals surface area contributed by atoms with Crippen LogP contribution < -0.4 is 33.8 Å². The molecule has 1 aliphatic heterocycles. The van der Waals surface area contributed by atoms with Crippen LogP contribution in [0.1, 0.15) is 37.9 Å². The van der Waals surface area contributed by atoms with Gasteiger partial charge in [-0.1, -0.05) is 29.0 Å². The Labute approximate surface area is 256 Å². The summed E-state index contributed by atoms with van der Waals surface area (Å²) in [5, 5.41) is 0.317. The Morgan fingerprint density at radius 3 is 2.44 bits per heavy atom. The first kappa shape index (κ1) is 31.6. The number of hydrogen-bond donors (Lipinski definition) is 0. The van der Waals surface area contributed by atoms with Crippen molar-refractivity contribution in [2.75, 3.05) is 41.2 Å². The maximum absolute atomic E-state index is 14.0. The number of carbonyl (C=O) groups is 2. The van der Waals surface area contributed by atoms with Crippen molar-refractivity contribution in [1.82, 2.24) is 4.57 Å². The lowest BCUT2D eigenvalue weighted by atomic mass is 9.95. The number of halogens is 1. The zero-order valence-electron chi connectivity index (χ0n) is 24.5. The molecule has 0 radical (unpaired) electrons. The van der Waals surface area contributed by atoms with E-state index in [1.807, 2.05) is 0 Å². The van der Waals surface area contributed by atoms with Gasteiger partial charge in [-0.2, -0.15) is 0 Å². The summed E-state index contributed by atoms with van der Waals surface area (Å²) in [6.07, 6.45) is 1.67. The maximum atomic E-state index is 14.0. The number of methoxy groups -OCH3 is 3. The minimum Gasteiger partial charge on any atom is -0.493 e. The van der Waals surface area contributed by atoms with Crippen molar-refractivity contribution in [3.63, 3.8) is 0 Å². The van der Waals surface area contributed by atoms with Crippen molar-refractivity contribution >= 4 is 41.0 Å². The molecule has 2 aromatic carbocycles. The molecule has 0 saturated carbocycles. The van der Waals surface area contributed by atoms with E-state index in [1.54, 1.807) is 57.2 Å². The van der Waals surface area contributed by atoms with Crippen molar-refractivity contribution in [3.05, 3.63) is 77.4 Å². The average molecular weight is 631 g/mol. The zero-order chi connectivity index (χ0) is 31.3. The van der Waals surface area contributed by atoms with Gasteiger partial charge in [0.1, 0.15) is 0 Å². The number of benzene rings is 2. The molecular formula is C30H31ClN2O9S. The van der Waals surface area contributed by atoms with E-state index in [1.165, 1.54) is 37.2 Å². The number of esters is 2. The van der Waals surface area contributed by atoms with E-state index in [9.17, 15) is 14.4 Å². The van der Waals surface area contributed by atoms with Gasteiger partial charge in [0.25, 0.3) is 5.56 Å². The highest BCUT2D eigenvalue weighted by molar-refractivity contribution is 7.07. The molecule has 0 N–H and O–H groups in total. The second-order valence-corrected chi connectivity index (χ2v) is 10.5. The number of fused-ring (bicyclic) bond motifs is 1. The molecule has 0 unspecified atom stereocenters. The minimum absolute atomic E-state index is 0.136. The number of nitrogens with zero attached hydrogens (tertiary/aromatic N) is 2. The molecule has 13 heteroatoms. The van der Waals surface area contributed by atoms with E-state index >= 15 is 0 Å². The molecule has 3 aromatic rings. The summed E-state index contributed by atoms with van der Waals surface area (Å²) in [5.74, 6) is 0.249.